The summed E-state index contributed by atoms with van der Waals surface area (Å²) in [5, 5.41) is 6.00. The van der Waals surface area contributed by atoms with Crippen molar-refractivity contribution >= 4 is 5.91 Å². The number of fused-ring (bicyclic) bond motifs is 2. The molecule has 2 heterocycles. The minimum atomic E-state index is 0.128. The lowest BCUT2D eigenvalue weighted by Crippen LogP contribution is -2.43. The van der Waals surface area contributed by atoms with Crippen molar-refractivity contribution < 1.29 is 4.79 Å². The summed E-state index contributed by atoms with van der Waals surface area (Å²) in [4.78, 5) is 10.9. The molecule has 3 heteroatoms. The summed E-state index contributed by atoms with van der Waals surface area (Å²) in [5.41, 5.74) is 0. The number of rotatable bonds is 0. The molecule has 0 unspecified atom stereocenters. The zero-order chi connectivity index (χ0) is 6.27. The fraction of sp³-hybridized carbons (Fsp3) is 0.833. The van der Waals surface area contributed by atoms with Gasteiger partial charge in [-0.2, -0.15) is 0 Å². The maximum absolute atomic E-state index is 10.9. The van der Waals surface area contributed by atoms with E-state index in [-0.39, 0.29) is 11.9 Å². The van der Waals surface area contributed by atoms with Gasteiger partial charge in [-0.25, -0.2) is 0 Å². The van der Waals surface area contributed by atoms with Gasteiger partial charge in [0.15, 0.2) is 0 Å². The third-order valence-electron chi connectivity index (χ3n) is 2.10. The van der Waals surface area contributed by atoms with E-state index in [1.165, 1.54) is 0 Å². The Hall–Kier alpha value is -0.570. The van der Waals surface area contributed by atoms with Gasteiger partial charge in [0, 0.05) is 13.1 Å². The van der Waals surface area contributed by atoms with E-state index >= 15 is 0 Å². The molecular formula is C6H10N2O. The molecule has 2 saturated heterocycles. The molecule has 2 rings (SSSR count). The highest BCUT2D eigenvalue weighted by Gasteiger charge is 2.33. The van der Waals surface area contributed by atoms with Crippen LogP contribution in [-0.2, 0) is 4.79 Å². The third-order valence-corrected chi connectivity index (χ3v) is 2.10. The molecule has 0 saturated carbocycles. The van der Waals surface area contributed by atoms with E-state index in [0.717, 1.165) is 19.5 Å². The molecule has 3 nitrogen and oxygen atoms in total. The predicted molar refractivity (Wildman–Crippen MR) is 32.9 cm³/mol. The quantitative estimate of drug-likeness (QED) is 0.441. The number of amides is 1. The minimum Gasteiger partial charge on any atom is -0.354 e. The highest BCUT2D eigenvalue weighted by molar-refractivity contribution is 5.83. The van der Waals surface area contributed by atoms with E-state index in [2.05, 4.69) is 10.6 Å². The maximum Gasteiger partial charge on any atom is 0.237 e. The molecule has 9 heavy (non-hydrogen) atoms. The van der Waals surface area contributed by atoms with E-state index in [0.29, 0.717) is 5.92 Å². The lowest BCUT2D eigenvalue weighted by molar-refractivity contribution is -0.123. The molecule has 2 fully saturated rings. The largest absolute Gasteiger partial charge is 0.354 e. The second-order valence-corrected chi connectivity index (χ2v) is 2.81. The maximum atomic E-state index is 10.9. The van der Waals surface area contributed by atoms with Crippen LogP contribution in [-0.4, -0.2) is 25.0 Å². The normalized spacial score (nSPS) is 40.7. The van der Waals surface area contributed by atoms with Gasteiger partial charge in [0.2, 0.25) is 5.91 Å². The zero-order valence-corrected chi connectivity index (χ0v) is 5.18. The number of hydrogen-bond acceptors (Lipinski definition) is 2. The zero-order valence-electron chi connectivity index (χ0n) is 5.18. The van der Waals surface area contributed by atoms with Crippen LogP contribution in [0.3, 0.4) is 0 Å². The average molecular weight is 126 g/mol. The van der Waals surface area contributed by atoms with E-state index in [1.807, 2.05) is 0 Å². The van der Waals surface area contributed by atoms with Crippen LogP contribution in [0.2, 0.25) is 0 Å². The topological polar surface area (TPSA) is 41.1 Å². The first-order valence-corrected chi connectivity index (χ1v) is 3.37. The van der Waals surface area contributed by atoms with Gasteiger partial charge in [-0.15, -0.1) is 0 Å². The Morgan fingerprint density at radius 3 is 3.11 bits per heavy atom. The Morgan fingerprint density at radius 1 is 1.44 bits per heavy atom. The summed E-state index contributed by atoms with van der Waals surface area (Å²) in [6.07, 6.45) is 1.05. The molecule has 0 aromatic heterocycles. The van der Waals surface area contributed by atoms with Crippen molar-refractivity contribution in [3.8, 4) is 0 Å². The van der Waals surface area contributed by atoms with Crippen LogP contribution in [0.25, 0.3) is 0 Å². The first-order valence-electron chi connectivity index (χ1n) is 3.37. The van der Waals surface area contributed by atoms with Gasteiger partial charge in [0.25, 0.3) is 0 Å². The SMILES string of the molecule is O=C1NC[C@@H]2CN[C@H]1C2. The van der Waals surface area contributed by atoms with Crippen molar-refractivity contribution in [1.29, 1.82) is 0 Å². The molecule has 0 aromatic rings. The minimum absolute atomic E-state index is 0.128. The van der Waals surface area contributed by atoms with E-state index in [1.54, 1.807) is 0 Å². The molecule has 2 aliphatic heterocycles. The van der Waals surface area contributed by atoms with Gasteiger partial charge >= 0.3 is 0 Å². The highest BCUT2D eigenvalue weighted by Crippen LogP contribution is 2.16. The van der Waals surface area contributed by atoms with Crippen molar-refractivity contribution in [2.45, 2.75) is 12.5 Å². The number of carbonyl (C=O) groups excluding carboxylic acids is 1. The Balaban J connectivity index is 2.14. The average Bonchev–Trinajstić information content (AvgIpc) is 2.25. The van der Waals surface area contributed by atoms with Gasteiger partial charge in [-0.3, -0.25) is 4.79 Å². The van der Waals surface area contributed by atoms with E-state index in [4.69, 9.17) is 0 Å². The Morgan fingerprint density at radius 2 is 2.33 bits per heavy atom. The van der Waals surface area contributed by atoms with Gasteiger partial charge in [-0.1, -0.05) is 0 Å². The number of hydrogen-bond donors (Lipinski definition) is 2. The summed E-state index contributed by atoms with van der Waals surface area (Å²) in [7, 11) is 0. The second-order valence-electron chi connectivity index (χ2n) is 2.81. The Bertz CT molecular complexity index is 146. The number of piperidine rings is 1. The summed E-state index contributed by atoms with van der Waals surface area (Å²) >= 11 is 0. The van der Waals surface area contributed by atoms with E-state index < -0.39 is 0 Å². The summed E-state index contributed by atoms with van der Waals surface area (Å²) in [6.45, 7) is 1.89. The van der Waals surface area contributed by atoms with E-state index in [9.17, 15) is 4.79 Å². The first kappa shape index (κ1) is 5.23. The molecule has 0 radical (unpaired) electrons. The summed E-state index contributed by atoms with van der Waals surface area (Å²) in [6, 6.07) is 0.128. The first-order chi connectivity index (χ1) is 4.36. The molecule has 2 atom stereocenters. The van der Waals surface area contributed by atoms with Crippen LogP contribution < -0.4 is 10.6 Å². The van der Waals surface area contributed by atoms with Crippen LogP contribution in [0.15, 0.2) is 0 Å². The molecule has 0 spiro atoms. The monoisotopic (exact) mass is 126 g/mol. The lowest BCUT2D eigenvalue weighted by atomic mass is 10.0. The van der Waals surface area contributed by atoms with Crippen LogP contribution in [0.5, 0.6) is 0 Å². The predicted octanol–water partition coefficient (Wildman–Crippen LogP) is -0.906. The van der Waals surface area contributed by atoms with Gasteiger partial charge in [0.05, 0.1) is 6.04 Å². The van der Waals surface area contributed by atoms with Gasteiger partial charge in [0.1, 0.15) is 0 Å². The summed E-state index contributed by atoms with van der Waals surface area (Å²) < 4.78 is 0. The second kappa shape index (κ2) is 1.70. The van der Waals surface area contributed by atoms with Gasteiger partial charge < -0.3 is 10.6 Å². The van der Waals surface area contributed by atoms with Crippen LogP contribution in [0, 0.1) is 5.92 Å². The van der Waals surface area contributed by atoms with Crippen LogP contribution >= 0.6 is 0 Å². The lowest BCUT2D eigenvalue weighted by Gasteiger charge is -2.17. The molecule has 2 aliphatic rings. The molecular weight excluding hydrogens is 116 g/mol. The van der Waals surface area contributed by atoms with Crippen LogP contribution in [0.1, 0.15) is 6.42 Å². The van der Waals surface area contributed by atoms with Crippen molar-refractivity contribution in [2.75, 3.05) is 13.1 Å². The smallest absolute Gasteiger partial charge is 0.237 e. The molecule has 0 aromatic carbocycles. The molecule has 2 N–H and O–H groups in total. The van der Waals surface area contributed by atoms with Crippen molar-refractivity contribution in [2.24, 2.45) is 5.92 Å². The van der Waals surface area contributed by atoms with Crippen molar-refractivity contribution in [3.05, 3.63) is 0 Å². The fourth-order valence-corrected chi connectivity index (χ4v) is 1.53. The van der Waals surface area contributed by atoms with Crippen LogP contribution in [0.4, 0.5) is 0 Å². The number of carbonyl (C=O) groups is 1. The highest BCUT2D eigenvalue weighted by atomic mass is 16.2. The van der Waals surface area contributed by atoms with Gasteiger partial charge in [-0.05, 0) is 12.3 Å². The number of nitrogens with one attached hydrogen (secondary N) is 2. The standard InChI is InChI=1S/C6H10N2O/c9-6-5-1-4(2-7-5)3-8-6/h4-5,7H,1-3H2,(H,8,9)/t4-,5-/m0/s1. The molecule has 50 valence electrons. The van der Waals surface area contributed by atoms with Crippen molar-refractivity contribution in [3.63, 3.8) is 0 Å². The Labute approximate surface area is 53.8 Å². The van der Waals surface area contributed by atoms with Crippen molar-refractivity contribution in [1.82, 2.24) is 10.6 Å². The molecule has 1 amide bonds. The molecule has 0 aliphatic carbocycles. The Kier molecular flexibility index (Phi) is 0.990. The summed E-state index contributed by atoms with van der Waals surface area (Å²) in [5.74, 6) is 0.886. The fourth-order valence-electron chi connectivity index (χ4n) is 1.53. The third kappa shape index (κ3) is 0.721. The molecule has 2 bridgehead atoms.